The summed E-state index contributed by atoms with van der Waals surface area (Å²) in [5.74, 6) is 0.420. The zero-order valence-corrected chi connectivity index (χ0v) is 18.0. The quantitative estimate of drug-likeness (QED) is 0.538. The molecule has 0 radical (unpaired) electrons. The Kier molecular flexibility index (Phi) is 7.79. The number of aryl methyl sites for hydroxylation is 4. The van der Waals surface area contributed by atoms with Crippen molar-refractivity contribution in [2.24, 2.45) is 7.05 Å². The third kappa shape index (κ3) is 6.38. The number of fused-ring (bicyclic) bond motifs is 1. The molecule has 1 aliphatic carbocycles. The summed E-state index contributed by atoms with van der Waals surface area (Å²) < 4.78 is 1.61. The van der Waals surface area contributed by atoms with Crippen molar-refractivity contribution in [2.45, 2.75) is 83.5 Å². The smallest absolute Gasteiger partial charge is 0.250 e. The molecule has 1 atom stereocenters. The first-order valence-corrected chi connectivity index (χ1v) is 11.2. The molecule has 0 saturated carbocycles. The molecule has 0 unspecified atom stereocenters. The summed E-state index contributed by atoms with van der Waals surface area (Å²) in [6.45, 7) is 1.65. The molecule has 0 fully saturated rings. The van der Waals surface area contributed by atoms with E-state index in [9.17, 15) is 9.59 Å². The number of carbonyl (C=O) groups is 1. The van der Waals surface area contributed by atoms with E-state index in [2.05, 4.69) is 12.1 Å². The Morgan fingerprint density at radius 1 is 1.07 bits per heavy atom. The van der Waals surface area contributed by atoms with Crippen LogP contribution in [0.5, 0.6) is 0 Å². The van der Waals surface area contributed by atoms with Crippen LogP contribution >= 0.6 is 0 Å². The van der Waals surface area contributed by atoms with Crippen LogP contribution in [0.2, 0.25) is 0 Å². The van der Waals surface area contributed by atoms with Gasteiger partial charge in [0.1, 0.15) is 5.78 Å². The minimum Gasteiger partial charge on any atom is -0.318 e. The maximum absolute atomic E-state index is 11.7. The van der Waals surface area contributed by atoms with E-state index < -0.39 is 0 Å². The topological polar surface area (TPSA) is 52.0 Å². The number of hydrogen-bond donors (Lipinski definition) is 0. The molecule has 29 heavy (non-hydrogen) atoms. The first-order chi connectivity index (χ1) is 14.0. The Balaban J connectivity index is 1.43. The Morgan fingerprint density at radius 3 is 2.66 bits per heavy atom. The third-order valence-corrected chi connectivity index (χ3v) is 6.09. The summed E-state index contributed by atoms with van der Waals surface area (Å²) >= 11 is 0. The van der Waals surface area contributed by atoms with Crippen molar-refractivity contribution in [2.75, 3.05) is 0 Å². The molecule has 2 heterocycles. The van der Waals surface area contributed by atoms with Crippen molar-refractivity contribution >= 4 is 5.78 Å². The van der Waals surface area contributed by atoms with E-state index >= 15 is 0 Å². The summed E-state index contributed by atoms with van der Waals surface area (Å²) in [5.41, 5.74) is 5.12. The van der Waals surface area contributed by atoms with E-state index in [1.54, 1.807) is 24.6 Å². The average molecular weight is 395 g/mol. The average Bonchev–Trinajstić information content (AvgIpc) is 2.71. The Hall–Kier alpha value is -2.23. The lowest BCUT2D eigenvalue weighted by molar-refractivity contribution is -0.117. The van der Waals surface area contributed by atoms with Crippen molar-refractivity contribution in [3.05, 3.63) is 63.3 Å². The van der Waals surface area contributed by atoms with Crippen LogP contribution in [0.4, 0.5) is 0 Å². The summed E-state index contributed by atoms with van der Waals surface area (Å²) in [5, 5.41) is 0. The second kappa shape index (κ2) is 10.5. The molecule has 4 heteroatoms. The molecule has 0 spiro atoms. The third-order valence-electron chi connectivity index (χ3n) is 6.09. The standard InChI is InChI=1S/C25H34N2O2/c1-19(28)17-21(22-14-16-25(29)27(2)18-22)10-5-3-4-6-11-23-15-13-20-9-7-8-12-24(20)26-23/h13-16,18,21H,3-12,17H2,1-2H3/t21-/m0/s1. The van der Waals surface area contributed by atoms with Gasteiger partial charge in [-0.25, -0.2) is 0 Å². The van der Waals surface area contributed by atoms with Crippen LogP contribution < -0.4 is 5.56 Å². The van der Waals surface area contributed by atoms with Gasteiger partial charge < -0.3 is 9.36 Å². The van der Waals surface area contributed by atoms with E-state index in [0.717, 1.165) is 31.2 Å². The molecule has 2 aromatic heterocycles. The predicted molar refractivity (Wildman–Crippen MR) is 117 cm³/mol. The molecule has 0 N–H and O–H groups in total. The van der Waals surface area contributed by atoms with Crippen LogP contribution in [0.1, 0.15) is 86.7 Å². The number of nitrogens with zero attached hydrogens (tertiary/aromatic N) is 2. The summed E-state index contributed by atoms with van der Waals surface area (Å²) in [4.78, 5) is 28.2. The summed E-state index contributed by atoms with van der Waals surface area (Å²) in [7, 11) is 1.77. The van der Waals surface area contributed by atoms with Crippen molar-refractivity contribution < 1.29 is 4.79 Å². The van der Waals surface area contributed by atoms with Gasteiger partial charge in [0.25, 0.3) is 0 Å². The van der Waals surface area contributed by atoms with E-state index in [4.69, 9.17) is 4.98 Å². The Bertz CT molecular complexity index is 885. The van der Waals surface area contributed by atoms with Gasteiger partial charge in [0.05, 0.1) is 0 Å². The highest BCUT2D eigenvalue weighted by atomic mass is 16.1. The van der Waals surface area contributed by atoms with Gasteiger partial charge in [-0.05, 0) is 75.0 Å². The lowest BCUT2D eigenvalue weighted by Crippen LogP contribution is -2.16. The molecule has 2 aromatic rings. The van der Waals surface area contributed by atoms with Gasteiger partial charge in [-0.15, -0.1) is 0 Å². The monoisotopic (exact) mass is 394 g/mol. The molecule has 1 aliphatic rings. The van der Waals surface area contributed by atoms with Gasteiger partial charge in [-0.3, -0.25) is 9.78 Å². The van der Waals surface area contributed by atoms with Gasteiger partial charge in [0.2, 0.25) is 5.56 Å². The van der Waals surface area contributed by atoms with Crippen molar-refractivity contribution in [1.82, 2.24) is 9.55 Å². The molecule has 0 aromatic carbocycles. The predicted octanol–water partition coefficient (Wildman–Crippen LogP) is 4.92. The fourth-order valence-electron chi connectivity index (χ4n) is 4.41. The van der Waals surface area contributed by atoms with Crippen LogP contribution in [-0.2, 0) is 31.1 Å². The minimum atomic E-state index is -0.00823. The SMILES string of the molecule is CC(=O)C[C@H](CCCCCCc1ccc2c(n1)CCCC2)c1ccc(=O)n(C)c1. The molecule has 0 bridgehead atoms. The second-order valence-electron chi connectivity index (χ2n) is 8.58. The number of ketones is 1. The number of hydrogen-bond acceptors (Lipinski definition) is 3. The number of carbonyl (C=O) groups excluding carboxylic acids is 1. The van der Waals surface area contributed by atoms with E-state index in [0.29, 0.717) is 6.42 Å². The molecule has 4 nitrogen and oxygen atoms in total. The van der Waals surface area contributed by atoms with Crippen molar-refractivity contribution in [1.29, 1.82) is 0 Å². The minimum absolute atomic E-state index is 0.00823. The van der Waals surface area contributed by atoms with Gasteiger partial charge in [0, 0.05) is 37.1 Å². The number of pyridine rings is 2. The first-order valence-electron chi connectivity index (χ1n) is 11.2. The van der Waals surface area contributed by atoms with Gasteiger partial charge >= 0.3 is 0 Å². The number of rotatable bonds is 10. The maximum atomic E-state index is 11.7. The van der Waals surface area contributed by atoms with Crippen molar-refractivity contribution in [3.8, 4) is 0 Å². The second-order valence-corrected chi connectivity index (χ2v) is 8.58. The van der Waals surface area contributed by atoms with Crippen LogP contribution in [0.15, 0.2) is 35.3 Å². The zero-order chi connectivity index (χ0) is 20.6. The summed E-state index contributed by atoms with van der Waals surface area (Å²) in [6, 6.07) is 7.99. The lowest BCUT2D eigenvalue weighted by atomic mass is 9.89. The highest BCUT2D eigenvalue weighted by molar-refractivity contribution is 5.76. The zero-order valence-electron chi connectivity index (χ0n) is 18.0. The summed E-state index contributed by atoms with van der Waals surface area (Å²) in [6.07, 6.45) is 14.1. The maximum Gasteiger partial charge on any atom is 0.250 e. The molecule has 0 saturated heterocycles. The normalized spacial score (nSPS) is 14.4. The first kappa shape index (κ1) is 21.5. The van der Waals surface area contributed by atoms with Crippen LogP contribution in [-0.4, -0.2) is 15.3 Å². The fraction of sp³-hybridized carbons (Fsp3) is 0.560. The Morgan fingerprint density at radius 2 is 1.86 bits per heavy atom. The molecular weight excluding hydrogens is 360 g/mol. The largest absolute Gasteiger partial charge is 0.318 e. The van der Waals surface area contributed by atoms with Crippen LogP contribution in [0, 0.1) is 0 Å². The van der Waals surface area contributed by atoms with Crippen LogP contribution in [0.25, 0.3) is 0 Å². The van der Waals surface area contributed by atoms with Crippen LogP contribution in [0.3, 0.4) is 0 Å². The van der Waals surface area contributed by atoms with Gasteiger partial charge in [-0.1, -0.05) is 31.4 Å². The highest BCUT2D eigenvalue weighted by Gasteiger charge is 2.15. The van der Waals surface area contributed by atoms with E-state index in [1.165, 1.54) is 55.5 Å². The number of Topliss-reactive ketones (excluding diaryl/α,β-unsaturated/α-hetero) is 1. The fourth-order valence-corrected chi connectivity index (χ4v) is 4.41. The highest BCUT2D eigenvalue weighted by Crippen LogP contribution is 2.26. The molecule has 0 amide bonds. The Labute approximate surface area is 174 Å². The van der Waals surface area contributed by atoms with E-state index in [1.807, 2.05) is 12.3 Å². The van der Waals surface area contributed by atoms with Gasteiger partial charge in [0.15, 0.2) is 0 Å². The van der Waals surface area contributed by atoms with E-state index in [-0.39, 0.29) is 17.3 Å². The molecular formula is C25H34N2O2. The molecule has 156 valence electrons. The van der Waals surface area contributed by atoms with Crippen molar-refractivity contribution in [3.63, 3.8) is 0 Å². The molecule has 0 aliphatic heterocycles. The molecule has 3 rings (SSSR count). The number of unbranched alkanes of at least 4 members (excludes halogenated alkanes) is 3. The lowest BCUT2D eigenvalue weighted by Gasteiger charge is -2.17. The number of aromatic nitrogens is 2. The van der Waals surface area contributed by atoms with Gasteiger partial charge in [-0.2, -0.15) is 0 Å².